The minimum Gasteiger partial charge on any atom is -0.386 e. The van der Waals surface area contributed by atoms with Gasteiger partial charge in [-0.25, -0.2) is 9.79 Å². The van der Waals surface area contributed by atoms with Crippen LogP contribution in [0.25, 0.3) is 5.70 Å². The van der Waals surface area contributed by atoms with Crippen molar-refractivity contribution >= 4 is 42.8 Å². The molecular formula is C22H26F2IN3O2. The third-order valence-electron chi connectivity index (χ3n) is 5.18. The van der Waals surface area contributed by atoms with Gasteiger partial charge in [0.05, 0.1) is 11.3 Å². The summed E-state index contributed by atoms with van der Waals surface area (Å²) in [5.74, 6) is 0.605. The zero-order valence-electron chi connectivity index (χ0n) is 17.3. The molecule has 30 heavy (non-hydrogen) atoms. The molecule has 2 bridgehead atoms. The summed E-state index contributed by atoms with van der Waals surface area (Å²) in [6.07, 6.45) is 4.08. The van der Waals surface area contributed by atoms with Crippen molar-refractivity contribution in [2.45, 2.75) is 42.6 Å². The number of nitrogens with zero attached hydrogens (tertiary/aromatic N) is 3. The van der Waals surface area contributed by atoms with E-state index in [1.165, 1.54) is 4.90 Å². The van der Waals surface area contributed by atoms with E-state index in [9.17, 15) is 18.7 Å². The van der Waals surface area contributed by atoms with Crippen LogP contribution in [-0.2, 0) is 5.60 Å². The maximum Gasteiger partial charge on any atom is 0.329 e. The van der Waals surface area contributed by atoms with Gasteiger partial charge in [0.15, 0.2) is 0 Å². The number of amidine groups is 1. The molecule has 162 valence electrons. The Labute approximate surface area is 185 Å². The lowest BCUT2D eigenvalue weighted by Gasteiger charge is -2.36. The lowest BCUT2D eigenvalue weighted by atomic mass is 9.96. The maximum absolute atomic E-state index is 13.6. The van der Waals surface area contributed by atoms with Crippen molar-refractivity contribution in [1.82, 2.24) is 9.80 Å². The van der Waals surface area contributed by atoms with Gasteiger partial charge in [-0.15, -0.1) is 0 Å². The number of amides is 2. The number of carbonyl (C=O) groups is 1. The van der Waals surface area contributed by atoms with Gasteiger partial charge >= 0.3 is 6.03 Å². The molecule has 8 heteroatoms. The summed E-state index contributed by atoms with van der Waals surface area (Å²) in [6.45, 7) is 3.68. The van der Waals surface area contributed by atoms with Gasteiger partial charge in [0, 0.05) is 37.7 Å². The molecule has 0 aromatic heterocycles. The third-order valence-corrected chi connectivity index (χ3v) is 6.83. The zero-order valence-corrected chi connectivity index (χ0v) is 19.5. The van der Waals surface area contributed by atoms with Gasteiger partial charge in [-0.2, -0.15) is 8.78 Å². The van der Waals surface area contributed by atoms with E-state index in [0.717, 1.165) is 16.8 Å². The molecule has 1 N–H and O–H groups in total. The van der Waals surface area contributed by atoms with Crippen molar-refractivity contribution in [3.8, 4) is 0 Å². The number of hydrogen-bond acceptors (Lipinski definition) is 3. The molecule has 0 aliphatic carbocycles. The first kappa shape index (κ1) is 22.7. The Balaban J connectivity index is 1.88. The maximum atomic E-state index is 13.6. The first-order valence-electron chi connectivity index (χ1n) is 9.66. The minimum absolute atomic E-state index is 0.218. The van der Waals surface area contributed by atoms with E-state index in [1.54, 1.807) is 25.8 Å². The number of alkyl halides is 3. The topological polar surface area (TPSA) is 56.1 Å². The van der Waals surface area contributed by atoms with E-state index < -0.39 is 30.3 Å². The molecule has 5 nitrogen and oxygen atoms in total. The number of aliphatic imine (C=N–C) groups is 1. The van der Waals surface area contributed by atoms with E-state index in [1.807, 2.05) is 36.4 Å². The van der Waals surface area contributed by atoms with Crippen LogP contribution in [0.1, 0.15) is 44.2 Å². The molecule has 2 heterocycles. The van der Waals surface area contributed by atoms with Crippen molar-refractivity contribution in [1.29, 1.82) is 0 Å². The summed E-state index contributed by atoms with van der Waals surface area (Å²) >= 11 is -1.41. The average molecular weight is 529 g/mol. The number of urea groups is 1. The summed E-state index contributed by atoms with van der Waals surface area (Å²) in [4.78, 5) is 20.5. The first-order chi connectivity index (χ1) is 14.0. The molecule has 1 aromatic rings. The fourth-order valence-electron chi connectivity index (χ4n) is 3.37. The summed E-state index contributed by atoms with van der Waals surface area (Å²) in [5.41, 5.74) is 2.04. The largest absolute Gasteiger partial charge is 0.386 e. The standard InChI is InChI=1S/C22H26F2IN3O2/c1-21(2,30)16-8-5-7-15(13-16)18-10-9-17-14-19(26-18)27(4)20(29)28(17)12-6-11-22(23,24)25-3/h5,7-10,13,30H,3,6,11-12,14H2,1-2,4H3. The van der Waals surface area contributed by atoms with Crippen LogP contribution in [-0.4, -0.2) is 48.8 Å². The monoisotopic (exact) mass is 529 g/mol. The van der Waals surface area contributed by atoms with E-state index in [-0.39, 0.29) is 25.4 Å². The Bertz CT molecular complexity index is 948. The molecule has 1 saturated heterocycles. The predicted molar refractivity (Wildman–Crippen MR) is 125 cm³/mol. The second-order valence-corrected chi connectivity index (χ2v) is 10.2. The molecular weight excluding hydrogens is 503 g/mol. The number of aliphatic hydroxyl groups is 1. The Hall–Kier alpha value is -1.94. The highest BCUT2D eigenvalue weighted by Crippen LogP contribution is 2.34. The van der Waals surface area contributed by atoms with Crippen molar-refractivity contribution in [3.05, 3.63) is 53.2 Å². The number of fused-ring (bicyclic) bond motifs is 2. The van der Waals surface area contributed by atoms with Gasteiger partial charge in [0.1, 0.15) is 5.84 Å². The second kappa shape index (κ2) is 8.66. The Morgan fingerprint density at radius 3 is 2.70 bits per heavy atom. The summed E-state index contributed by atoms with van der Waals surface area (Å²) in [5, 5.41) is 10.3. The van der Waals surface area contributed by atoms with Crippen LogP contribution in [0.2, 0.25) is 0 Å². The van der Waals surface area contributed by atoms with Crippen LogP contribution < -0.4 is 0 Å². The number of halogens is 3. The SMILES string of the molecule is C=IC(F)(F)CCCN1C(=O)N(C)C2=NC(c3cccc(C(C)(C)O)c3)=CC=C1C2. The molecule has 2 aliphatic rings. The number of allylic oxidation sites excluding steroid dienone is 2. The summed E-state index contributed by atoms with van der Waals surface area (Å²) < 4.78 is 27.8. The lowest BCUT2D eigenvalue weighted by Crippen LogP contribution is -2.49. The smallest absolute Gasteiger partial charge is 0.329 e. The molecule has 0 unspecified atom stereocenters. The van der Waals surface area contributed by atoms with Crippen molar-refractivity contribution < 1.29 is 18.7 Å². The van der Waals surface area contributed by atoms with Gasteiger partial charge in [-0.3, -0.25) is 9.80 Å². The Morgan fingerprint density at radius 2 is 2.03 bits per heavy atom. The van der Waals surface area contributed by atoms with Gasteiger partial charge in [-0.1, -0.05) is 43.4 Å². The number of hydrogen-bond donors (Lipinski definition) is 1. The van der Waals surface area contributed by atoms with Crippen LogP contribution >= 0.6 is 20.7 Å². The summed E-state index contributed by atoms with van der Waals surface area (Å²) in [6, 6.07) is 7.24. The van der Waals surface area contributed by atoms with E-state index in [4.69, 9.17) is 0 Å². The fourth-order valence-corrected chi connectivity index (χ4v) is 4.13. The lowest BCUT2D eigenvalue weighted by molar-refractivity contribution is 0.0786. The Morgan fingerprint density at radius 1 is 1.30 bits per heavy atom. The molecule has 2 aliphatic heterocycles. The highest BCUT2D eigenvalue weighted by atomic mass is 127. The van der Waals surface area contributed by atoms with Crippen LogP contribution in [0.4, 0.5) is 13.6 Å². The van der Waals surface area contributed by atoms with Crippen molar-refractivity contribution in [2.75, 3.05) is 13.6 Å². The number of benzene rings is 1. The van der Waals surface area contributed by atoms with E-state index >= 15 is 0 Å². The van der Waals surface area contributed by atoms with Crippen LogP contribution in [0, 0.1) is 0 Å². The summed E-state index contributed by atoms with van der Waals surface area (Å²) in [7, 11) is 1.65. The minimum atomic E-state index is -2.70. The molecule has 1 fully saturated rings. The van der Waals surface area contributed by atoms with Gasteiger partial charge in [-0.05, 0) is 44.1 Å². The molecule has 0 spiro atoms. The van der Waals surface area contributed by atoms with Gasteiger partial charge in [0.2, 0.25) is 0 Å². The van der Waals surface area contributed by atoms with Gasteiger partial charge in [0.25, 0.3) is 3.93 Å². The van der Waals surface area contributed by atoms with Crippen molar-refractivity contribution in [3.63, 3.8) is 0 Å². The Kier molecular flexibility index (Phi) is 6.57. The van der Waals surface area contributed by atoms with E-state index in [0.29, 0.717) is 18.0 Å². The molecule has 1 aromatic carbocycles. The van der Waals surface area contributed by atoms with Crippen molar-refractivity contribution in [2.24, 2.45) is 4.99 Å². The fraction of sp³-hybridized carbons (Fsp3) is 0.409. The average Bonchev–Trinajstić information content (AvgIpc) is 2.90. The van der Waals surface area contributed by atoms with E-state index in [2.05, 4.69) is 9.51 Å². The van der Waals surface area contributed by atoms with Crippen LogP contribution in [0.15, 0.2) is 47.1 Å². The molecule has 0 atom stereocenters. The second-order valence-electron chi connectivity index (χ2n) is 7.90. The first-order valence-corrected chi connectivity index (χ1v) is 12.3. The van der Waals surface area contributed by atoms with Crippen LogP contribution in [0.5, 0.6) is 0 Å². The molecule has 0 saturated carbocycles. The molecule has 3 rings (SSSR count). The number of carbonyl (C=O) groups excluding carboxylic acids is 1. The quantitative estimate of drug-likeness (QED) is 0.396. The van der Waals surface area contributed by atoms with Crippen LogP contribution in [0.3, 0.4) is 0 Å². The van der Waals surface area contributed by atoms with Gasteiger partial charge < -0.3 is 5.11 Å². The highest BCUT2D eigenvalue weighted by Gasteiger charge is 2.33. The third kappa shape index (κ3) is 5.03. The predicted octanol–water partition coefficient (Wildman–Crippen LogP) is 5.08. The highest BCUT2D eigenvalue weighted by molar-refractivity contribution is 14.2. The number of rotatable bonds is 7. The molecule has 2 amide bonds. The zero-order chi connectivity index (χ0) is 22.1. The molecule has 0 radical (unpaired) electrons. The normalized spacial score (nSPS) is 17.4.